The van der Waals surface area contributed by atoms with Crippen LogP contribution in [-0.2, 0) is 16.2 Å². The van der Waals surface area contributed by atoms with Gasteiger partial charge in [0.2, 0.25) is 0 Å². The quantitative estimate of drug-likeness (QED) is 0.391. The Labute approximate surface area is 183 Å². The van der Waals surface area contributed by atoms with Crippen LogP contribution in [0.2, 0.25) is 5.02 Å². The van der Waals surface area contributed by atoms with Crippen molar-refractivity contribution in [3.8, 4) is 0 Å². The maximum absolute atomic E-state index is 14.5. The summed E-state index contributed by atoms with van der Waals surface area (Å²) in [6.45, 7) is 1.60. The SMILES string of the molecule is Cc1ccc(Nc2c(NS(=O)(=O)c3ccc(C(F)(F)F)cc3Cl)ccc(F)c2F)c(F)c1. The van der Waals surface area contributed by atoms with Crippen molar-refractivity contribution < 1.29 is 34.8 Å². The molecule has 0 aromatic heterocycles. The van der Waals surface area contributed by atoms with Crippen LogP contribution < -0.4 is 10.0 Å². The molecule has 0 bridgehead atoms. The summed E-state index contributed by atoms with van der Waals surface area (Å²) in [6, 6.07) is 6.87. The van der Waals surface area contributed by atoms with E-state index in [0.29, 0.717) is 29.8 Å². The number of halogens is 7. The van der Waals surface area contributed by atoms with Crippen molar-refractivity contribution in [2.24, 2.45) is 0 Å². The maximum atomic E-state index is 14.5. The third-order valence-corrected chi connectivity index (χ3v) is 6.12. The van der Waals surface area contributed by atoms with Crippen LogP contribution in [0.3, 0.4) is 0 Å². The van der Waals surface area contributed by atoms with Crippen molar-refractivity contribution in [3.63, 3.8) is 0 Å². The number of sulfonamides is 1. The number of alkyl halides is 3. The van der Waals surface area contributed by atoms with Crippen LogP contribution in [0.5, 0.6) is 0 Å². The molecule has 0 radical (unpaired) electrons. The highest BCUT2D eigenvalue weighted by atomic mass is 35.5. The third kappa shape index (κ3) is 4.94. The lowest BCUT2D eigenvalue weighted by atomic mass is 10.2. The number of benzene rings is 3. The first-order valence-corrected chi connectivity index (χ1v) is 10.6. The standard InChI is InChI=1S/C20H13ClF6N2O2S/c1-10-2-5-15(14(23)8-10)28-19-16(6-4-13(22)18(19)24)29-32(30,31)17-7-3-11(9-12(17)21)20(25,26)27/h2-9,28-29H,1H3. The van der Waals surface area contributed by atoms with Crippen molar-refractivity contribution in [2.45, 2.75) is 18.0 Å². The molecule has 0 atom stereocenters. The highest BCUT2D eigenvalue weighted by Crippen LogP contribution is 2.36. The van der Waals surface area contributed by atoms with Crippen LogP contribution in [0, 0.1) is 24.4 Å². The predicted octanol–water partition coefficient (Wildman–Crippen LogP) is 6.63. The summed E-state index contributed by atoms with van der Waals surface area (Å²) in [5, 5.41) is 1.55. The maximum Gasteiger partial charge on any atom is 0.416 e. The first-order chi connectivity index (χ1) is 14.8. The van der Waals surface area contributed by atoms with Crippen LogP contribution >= 0.6 is 11.6 Å². The molecule has 3 aromatic carbocycles. The molecule has 0 fully saturated rings. The number of aryl methyl sites for hydroxylation is 1. The molecule has 0 heterocycles. The molecule has 0 saturated heterocycles. The highest BCUT2D eigenvalue weighted by molar-refractivity contribution is 7.92. The number of hydrogen-bond donors (Lipinski definition) is 2. The minimum absolute atomic E-state index is 0.270. The number of anilines is 3. The van der Waals surface area contributed by atoms with Crippen LogP contribution in [0.1, 0.15) is 11.1 Å². The minimum atomic E-state index is -4.76. The average Bonchev–Trinajstić information content (AvgIpc) is 2.68. The highest BCUT2D eigenvalue weighted by Gasteiger charge is 2.32. The van der Waals surface area contributed by atoms with E-state index in [2.05, 4.69) is 5.32 Å². The van der Waals surface area contributed by atoms with Crippen LogP contribution in [0.15, 0.2) is 53.4 Å². The normalized spacial score (nSPS) is 12.0. The molecular weight excluding hydrogens is 482 g/mol. The molecule has 3 aromatic rings. The van der Waals surface area contributed by atoms with Gasteiger partial charge in [-0.15, -0.1) is 0 Å². The Kier molecular flexibility index (Phi) is 6.34. The topological polar surface area (TPSA) is 58.2 Å². The molecule has 0 aliphatic carbocycles. The van der Waals surface area contributed by atoms with Gasteiger partial charge in [0, 0.05) is 0 Å². The summed E-state index contributed by atoms with van der Waals surface area (Å²) in [5.41, 5.74) is -2.16. The minimum Gasteiger partial charge on any atom is -0.349 e. The Balaban J connectivity index is 2.03. The van der Waals surface area contributed by atoms with E-state index in [1.54, 1.807) is 6.92 Å². The van der Waals surface area contributed by atoms with Gasteiger partial charge in [-0.1, -0.05) is 17.7 Å². The second kappa shape index (κ2) is 8.55. The van der Waals surface area contributed by atoms with E-state index in [4.69, 9.17) is 11.6 Å². The van der Waals surface area contributed by atoms with Gasteiger partial charge in [-0.05, 0) is 55.0 Å². The molecule has 32 heavy (non-hydrogen) atoms. The molecular formula is C20H13ClF6N2O2S. The van der Waals surface area contributed by atoms with Crippen LogP contribution in [0.4, 0.5) is 43.4 Å². The van der Waals surface area contributed by atoms with Crippen molar-refractivity contribution >= 4 is 38.7 Å². The summed E-state index contributed by atoms with van der Waals surface area (Å²) >= 11 is 5.73. The van der Waals surface area contributed by atoms with Gasteiger partial charge in [-0.25, -0.2) is 21.6 Å². The number of hydrogen-bond acceptors (Lipinski definition) is 3. The van der Waals surface area contributed by atoms with E-state index in [0.717, 1.165) is 12.1 Å². The van der Waals surface area contributed by atoms with Gasteiger partial charge >= 0.3 is 6.18 Å². The van der Waals surface area contributed by atoms with Gasteiger partial charge < -0.3 is 5.32 Å². The fourth-order valence-electron chi connectivity index (χ4n) is 2.71. The van der Waals surface area contributed by atoms with Gasteiger partial charge in [-0.3, -0.25) is 4.72 Å². The molecule has 170 valence electrons. The van der Waals surface area contributed by atoms with Crippen molar-refractivity contribution in [1.29, 1.82) is 0 Å². The average molecular weight is 495 g/mol. The molecule has 0 amide bonds. The zero-order chi connectivity index (χ0) is 23.8. The monoisotopic (exact) mass is 494 g/mol. The zero-order valence-electron chi connectivity index (χ0n) is 16.0. The fourth-order valence-corrected chi connectivity index (χ4v) is 4.33. The summed E-state index contributed by atoms with van der Waals surface area (Å²) in [5.74, 6) is -3.67. The van der Waals surface area contributed by atoms with Gasteiger partial charge in [0.1, 0.15) is 16.4 Å². The number of nitrogens with one attached hydrogen (secondary N) is 2. The Bertz CT molecular complexity index is 1300. The molecule has 0 aliphatic rings. The first kappa shape index (κ1) is 23.7. The molecule has 0 aliphatic heterocycles. The molecule has 4 nitrogen and oxygen atoms in total. The van der Waals surface area contributed by atoms with E-state index >= 15 is 0 Å². The lowest BCUT2D eigenvalue weighted by molar-refractivity contribution is -0.137. The molecule has 3 rings (SSSR count). The van der Waals surface area contributed by atoms with Gasteiger partial charge in [0.15, 0.2) is 11.6 Å². The van der Waals surface area contributed by atoms with Gasteiger partial charge in [-0.2, -0.15) is 13.2 Å². The molecule has 2 N–H and O–H groups in total. The summed E-state index contributed by atoms with van der Waals surface area (Å²) in [4.78, 5) is -0.732. The molecule has 0 unspecified atom stereocenters. The Morgan fingerprint density at radius 3 is 2.12 bits per heavy atom. The largest absolute Gasteiger partial charge is 0.416 e. The fraction of sp³-hybridized carbons (Fsp3) is 0.100. The first-order valence-electron chi connectivity index (χ1n) is 8.70. The lowest BCUT2D eigenvalue weighted by Gasteiger charge is -2.17. The Morgan fingerprint density at radius 2 is 1.53 bits per heavy atom. The van der Waals surface area contributed by atoms with Gasteiger partial charge in [0.25, 0.3) is 10.0 Å². The summed E-state index contributed by atoms with van der Waals surface area (Å²) < 4.78 is 108. The Hall–Kier alpha value is -2.92. The lowest BCUT2D eigenvalue weighted by Crippen LogP contribution is -2.16. The van der Waals surface area contributed by atoms with Crippen LogP contribution in [-0.4, -0.2) is 8.42 Å². The Morgan fingerprint density at radius 1 is 0.875 bits per heavy atom. The van der Waals surface area contributed by atoms with Gasteiger partial charge in [0.05, 0.1) is 22.0 Å². The summed E-state index contributed by atoms with van der Waals surface area (Å²) in [7, 11) is -4.64. The molecule has 0 saturated carbocycles. The molecule has 12 heteroatoms. The van der Waals surface area contributed by atoms with Crippen LogP contribution in [0.25, 0.3) is 0 Å². The third-order valence-electron chi connectivity index (χ3n) is 4.27. The molecule has 0 spiro atoms. The van der Waals surface area contributed by atoms with Crippen molar-refractivity contribution in [1.82, 2.24) is 0 Å². The van der Waals surface area contributed by atoms with E-state index in [1.165, 1.54) is 12.1 Å². The number of rotatable bonds is 5. The second-order valence-corrected chi connectivity index (χ2v) is 8.70. The smallest absolute Gasteiger partial charge is 0.349 e. The second-order valence-electron chi connectivity index (χ2n) is 6.64. The van der Waals surface area contributed by atoms with E-state index in [9.17, 15) is 34.8 Å². The van der Waals surface area contributed by atoms with Crippen molar-refractivity contribution in [2.75, 3.05) is 10.0 Å². The van der Waals surface area contributed by atoms with E-state index in [-0.39, 0.29) is 5.69 Å². The predicted molar refractivity (Wildman–Crippen MR) is 108 cm³/mol. The van der Waals surface area contributed by atoms with E-state index < -0.39 is 60.5 Å². The zero-order valence-corrected chi connectivity index (χ0v) is 17.6. The van der Waals surface area contributed by atoms with Crippen molar-refractivity contribution in [3.05, 3.63) is 82.1 Å². The van der Waals surface area contributed by atoms with E-state index in [1.807, 2.05) is 4.72 Å². The summed E-state index contributed by atoms with van der Waals surface area (Å²) in [6.07, 6.45) is -4.76.